The minimum Gasteiger partial charge on any atom is -0.444 e. The number of amides is 2. The average Bonchev–Trinajstić information content (AvgIpc) is 1.62. The zero-order chi connectivity index (χ0) is 70.7. The van der Waals surface area contributed by atoms with Gasteiger partial charge in [-0.2, -0.15) is 0 Å². The standard InChI is InChI=1S/C38H50N4O8.C26H36N2O3.C11H16N2O4/c1-6-30-31(21-33(47-30)42-22-26(2)34(43)39-35(42)44)48-37(46)49-32(28-17-11-8-12-18-28)25-40(23-27-15-9-7-10-16-27)24-29-19-13-14-20-41(29)36(45)50-38(3,4)5;1-26(2,3)31-25(30)28-17-11-10-16-23(28)19-27(18-21-12-6-4-7-13-21)20-24(29)22-14-8-5-9-15-22;1-3-8-7(14)4-9(17-8)13-5-6(2)10(15)12-11(13)16/h7-12,15-18,22,29-33H,6,13-14,19-21,23-25H2,1-5H3,(H,39,43,44);4-9,12-15,23-24,29H,10-11,16-20H2,1-3H3;5,7-9,14H,3-4H2,1-2H3,(H,12,15,16)/t29?,30-,31?,32?,33-;;7?,8-,9-/m1.1/s1. The van der Waals surface area contributed by atoms with Crippen LogP contribution in [0.4, 0.5) is 14.4 Å². The maximum Gasteiger partial charge on any atom is 0.509 e. The molecule has 4 saturated heterocycles. The van der Waals surface area contributed by atoms with E-state index in [0.29, 0.717) is 69.7 Å². The lowest BCUT2D eigenvalue weighted by atomic mass is 10.0. The van der Waals surface area contributed by atoms with Gasteiger partial charge in [-0.1, -0.05) is 135 Å². The van der Waals surface area contributed by atoms with E-state index in [4.69, 9.17) is 28.4 Å². The Labute approximate surface area is 574 Å². The predicted octanol–water partition coefficient (Wildman–Crippen LogP) is 11.0. The third-order valence-corrected chi connectivity index (χ3v) is 17.7. The second-order valence-corrected chi connectivity index (χ2v) is 27.9. The Bertz CT molecular complexity index is 3720. The molecule has 4 aromatic carbocycles. The minimum absolute atomic E-state index is 0.0790. The van der Waals surface area contributed by atoms with Crippen molar-refractivity contribution in [3.63, 3.8) is 0 Å². The van der Waals surface area contributed by atoms with Gasteiger partial charge in [-0.05, 0) is 129 Å². The topological polar surface area (TPSA) is 270 Å². The number of benzene rings is 4. The minimum atomic E-state index is -0.843. The number of aromatic amines is 2. The summed E-state index contributed by atoms with van der Waals surface area (Å²) in [6.45, 7) is 23.2. The molecule has 0 aliphatic carbocycles. The number of hydrogen-bond donors (Lipinski definition) is 4. The molecule has 532 valence electrons. The van der Waals surface area contributed by atoms with E-state index in [9.17, 15) is 43.8 Å². The number of aliphatic hydroxyl groups is 2. The van der Waals surface area contributed by atoms with Crippen molar-refractivity contribution in [2.45, 2.75) is 219 Å². The van der Waals surface area contributed by atoms with Crippen LogP contribution >= 0.6 is 0 Å². The number of aryl methyl sites for hydroxylation is 2. The molecule has 2 aromatic heterocycles. The van der Waals surface area contributed by atoms with Gasteiger partial charge in [-0.25, -0.2) is 24.0 Å². The fourth-order valence-corrected chi connectivity index (χ4v) is 12.8. The van der Waals surface area contributed by atoms with Crippen LogP contribution in [0.5, 0.6) is 0 Å². The summed E-state index contributed by atoms with van der Waals surface area (Å²) in [5.41, 5.74) is 1.77. The van der Waals surface area contributed by atoms with Crippen molar-refractivity contribution in [3.05, 3.63) is 209 Å². The van der Waals surface area contributed by atoms with Crippen molar-refractivity contribution in [1.82, 2.24) is 38.7 Å². The van der Waals surface area contributed by atoms with Crippen LogP contribution in [-0.4, -0.2) is 154 Å². The van der Waals surface area contributed by atoms with Crippen LogP contribution in [-0.2, 0) is 41.5 Å². The van der Waals surface area contributed by atoms with Gasteiger partial charge in [0.05, 0.1) is 24.4 Å². The molecule has 6 heterocycles. The Morgan fingerprint density at radius 1 is 0.582 bits per heavy atom. The summed E-state index contributed by atoms with van der Waals surface area (Å²) in [4.78, 5) is 99.8. The van der Waals surface area contributed by atoms with Gasteiger partial charge in [-0.15, -0.1) is 0 Å². The Morgan fingerprint density at radius 2 is 1.00 bits per heavy atom. The predicted molar refractivity (Wildman–Crippen MR) is 372 cm³/mol. The highest BCUT2D eigenvalue weighted by Gasteiger charge is 2.41. The lowest BCUT2D eigenvalue weighted by molar-refractivity contribution is -0.0489. The van der Waals surface area contributed by atoms with Crippen molar-refractivity contribution in [2.75, 3.05) is 39.3 Å². The molecule has 2 amide bonds. The number of carbonyl (C=O) groups excluding carboxylic acids is 3. The number of ether oxygens (including phenoxy) is 6. The van der Waals surface area contributed by atoms with E-state index in [1.807, 2.05) is 162 Å². The maximum atomic E-state index is 13.6. The van der Waals surface area contributed by atoms with Crippen molar-refractivity contribution < 1.29 is 53.0 Å². The largest absolute Gasteiger partial charge is 0.509 e. The van der Waals surface area contributed by atoms with Crippen molar-refractivity contribution in [1.29, 1.82) is 0 Å². The first-order valence-electron chi connectivity index (χ1n) is 34.5. The summed E-state index contributed by atoms with van der Waals surface area (Å²) < 4.78 is 37.8. The molecule has 0 saturated carbocycles. The van der Waals surface area contributed by atoms with Crippen LogP contribution in [0.3, 0.4) is 0 Å². The number of nitrogens with zero attached hydrogens (tertiary/aromatic N) is 6. The lowest BCUT2D eigenvalue weighted by Crippen LogP contribution is -2.51. The van der Waals surface area contributed by atoms with E-state index in [2.05, 4.69) is 44.0 Å². The van der Waals surface area contributed by atoms with Gasteiger partial charge < -0.3 is 48.4 Å². The van der Waals surface area contributed by atoms with E-state index in [1.54, 1.807) is 13.8 Å². The molecule has 0 spiro atoms. The molecule has 4 fully saturated rings. The molecular formula is C75H102N8O15. The average molecular weight is 1360 g/mol. The number of piperidine rings is 2. The highest BCUT2D eigenvalue weighted by molar-refractivity contribution is 5.69. The van der Waals surface area contributed by atoms with Gasteiger partial charge in [0.1, 0.15) is 35.9 Å². The molecule has 4 aliphatic rings. The van der Waals surface area contributed by atoms with E-state index >= 15 is 0 Å². The summed E-state index contributed by atoms with van der Waals surface area (Å²) >= 11 is 0. The molecule has 6 aromatic rings. The Hall–Kier alpha value is -8.19. The maximum absolute atomic E-state index is 13.6. The number of rotatable bonds is 20. The zero-order valence-electron chi connectivity index (χ0n) is 58.6. The number of likely N-dealkylation sites (tertiary alicyclic amines) is 2. The number of carbonyl (C=O) groups is 3. The third-order valence-electron chi connectivity index (χ3n) is 17.7. The molecule has 4 aliphatic heterocycles. The van der Waals surface area contributed by atoms with Gasteiger partial charge >= 0.3 is 29.7 Å². The van der Waals surface area contributed by atoms with Crippen LogP contribution in [0.25, 0.3) is 0 Å². The van der Waals surface area contributed by atoms with Crippen molar-refractivity contribution >= 4 is 18.3 Å². The second-order valence-electron chi connectivity index (χ2n) is 27.9. The summed E-state index contributed by atoms with van der Waals surface area (Å²) in [6, 6.07) is 39.7. The molecule has 98 heavy (non-hydrogen) atoms. The molecule has 10 atom stereocenters. The first kappa shape index (κ1) is 75.6. The van der Waals surface area contributed by atoms with Gasteiger partial charge in [0, 0.05) is 101 Å². The molecule has 0 bridgehead atoms. The van der Waals surface area contributed by atoms with E-state index in [0.717, 1.165) is 68.3 Å². The highest BCUT2D eigenvalue weighted by Crippen LogP contribution is 2.34. The van der Waals surface area contributed by atoms with E-state index in [1.165, 1.54) is 27.1 Å². The Balaban J connectivity index is 0.000000215. The van der Waals surface area contributed by atoms with Crippen LogP contribution in [0.15, 0.2) is 153 Å². The second kappa shape index (κ2) is 35.5. The van der Waals surface area contributed by atoms with Gasteiger partial charge in [0.15, 0.2) is 0 Å². The van der Waals surface area contributed by atoms with Crippen molar-refractivity contribution in [2.24, 2.45) is 0 Å². The third kappa shape index (κ3) is 22.4. The Morgan fingerprint density at radius 3 is 1.44 bits per heavy atom. The fourth-order valence-electron chi connectivity index (χ4n) is 12.8. The van der Waals surface area contributed by atoms with Crippen LogP contribution in [0, 0.1) is 13.8 Å². The van der Waals surface area contributed by atoms with Crippen LogP contribution in [0.2, 0.25) is 0 Å². The summed E-state index contributed by atoms with van der Waals surface area (Å²) in [5, 5.41) is 20.6. The van der Waals surface area contributed by atoms with Crippen LogP contribution in [0.1, 0.15) is 178 Å². The first-order valence-corrected chi connectivity index (χ1v) is 34.5. The molecule has 23 heteroatoms. The van der Waals surface area contributed by atoms with Crippen molar-refractivity contribution in [3.8, 4) is 0 Å². The molecular weight excluding hydrogens is 1250 g/mol. The van der Waals surface area contributed by atoms with E-state index < -0.39 is 82.8 Å². The Kier molecular flexibility index (Phi) is 27.4. The number of H-pyrrole nitrogens is 2. The fraction of sp³-hybridized carbons (Fsp3) is 0.533. The van der Waals surface area contributed by atoms with Gasteiger partial charge in [-0.3, -0.25) is 38.5 Å². The summed E-state index contributed by atoms with van der Waals surface area (Å²) in [5.74, 6) is 0. The summed E-state index contributed by atoms with van der Waals surface area (Å²) in [6.07, 6.45) is 4.71. The van der Waals surface area contributed by atoms with Gasteiger partial charge in [0.2, 0.25) is 0 Å². The van der Waals surface area contributed by atoms with E-state index in [-0.39, 0.29) is 36.8 Å². The monoisotopic (exact) mass is 1350 g/mol. The molecule has 23 nitrogen and oxygen atoms in total. The molecule has 10 rings (SSSR count). The SMILES string of the molecule is CC(C)(C)OC(=O)N1CCCCC1CN(Cc1ccccc1)CC(O)c1ccccc1.CC[C@H]1O[C@@H](n2cc(C)c(=O)[nH]c2=O)CC1O.CC[C@H]1O[C@@H](n2cc(C)c(=O)[nH]c2=O)CC1OC(=O)OC(CN(Cc1ccccc1)CC1CCCCN1C(=O)OC(C)(C)C)c1ccccc1. The lowest BCUT2D eigenvalue weighted by Gasteiger charge is -2.40. The van der Waals surface area contributed by atoms with Gasteiger partial charge in [0.25, 0.3) is 11.1 Å². The number of hydrogen-bond acceptors (Lipinski definition) is 17. The number of nitrogens with one attached hydrogen (secondary N) is 2. The molecule has 4 N–H and O–H groups in total. The number of aromatic nitrogens is 4. The highest BCUT2D eigenvalue weighted by atomic mass is 16.7. The quantitative estimate of drug-likeness (QED) is 0.0409. The smallest absolute Gasteiger partial charge is 0.444 e. The molecule has 0 radical (unpaired) electrons. The molecule has 6 unspecified atom stereocenters. The summed E-state index contributed by atoms with van der Waals surface area (Å²) in [7, 11) is 0. The van der Waals surface area contributed by atoms with Crippen LogP contribution < -0.4 is 22.5 Å². The zero-order valence-corrected chi connectivity index (χ0v) is 58.6. The number of aliphatic hydroxyl groups excluding tert-OH is 2. The first-order chi connectivity index (χ1) is 46.7. The normalized spacial score (nSPS) is 21.7.